The maximum atomic E-state index is 12.1. The van der Waals surface area contributed by atoms with Crippen LogP contribution < -0.4 is 16.8 Å². The van der Waals surface area contributed by atoms with Crippen molar-refractivity contribution in [2.24, 2.45) is 16.5 Å². The maximum Gasteiger partial charge on any atom is 0.224 e. The number of carbonyl (C=O) groups is 2. The molecule has 0 radical (unpaired) electrons. The van der Waals surface area contributed by atoms with Gasteiger partial charge in [-0.1, -0.05) is 24.3 Å². The van der Waals surface area contributed by atoms with Crippen LogP contribution in [0, 0.1) is 5.41 Å². The van der Waals surface area contributed by atoms with Gasteiger partial charge in [0.25, 0.3) is 0 Å². The molecule has 28 heavy (non-hydrogen) atoms. The number of hydrogen-bond acceptors (Lipinski definition) is 4. The number of rotatable bonds is 9. The summed E-state index contributed by atoms with van der Waals surface area (Å²) in [5, 5.41) is 10.1. The van der Waals surface area contributed by atoms with E-state index in [4.69, 9.17) is 16.9 Å². The Hall–Kier alpha value is -3.48. The number of amidine groups is 2. The van der Waals surface area contributed by atoms with E-state index in [1.54, 1.807) is 31.3 Å². The molecule has 1 amide bonds. The van der Waals surface area contributed by atoms with Gasteiger partial charge in [-0.3, -0.25) is 20.0 Å². The van der Waals surface area contributed by atoms with E-state index in [2.05, 4.69) is 10.3 Å². The average molecular weight is 379 g/mol. The lowest BCUT2D eigenvalue weighted by Crippen LogP contribution is -2.14. The number of aliphatic imine (C=N–C) groups is 1. The van der Waals surface area contributed by atoms with Crippen LogP contribution in [-0.2, 0) is 16.0 Å². The van der Waals surface area contributed by atoms with Crippen LogP contribution in [0.4, 0.5) is 5.69 Å². The molecule has 0 aliphatic carbocycles. The Balaban J connectivity index is 1.74. The maximum absolute atomic E-state index is 12.1. The molecule has 0 bridgehead atoms. The number of Topliss-reactive ketones (excluding diaryl/α,β-unsaturated/α-hetero) is 1. The zero-order valence-electron chi connectivity index (χ0n) is 15.9. The summed E-state index contributed by atoms with van der Waals surface area (Å²) in [6.07, 6.45) is 1.43. The number of nitrogens with one attached hydrogen (secondary N) is 2. The van der Waals surface area contributed by atoms with Crippen molar-refractivity contribution in [1.29, 1.82) is 5.41 Å². The lowest BCUT2D eigenvalue weighted by Gasteiger charge is -2.06. The van der Waals surface area contributed by atoms with E-state index in [0.29, 0.717) is 36.3 Å². The summed E-state index contributed by atoms with van der Waals surface area (Å²) in [7, 11) is 1.63. The van der Waals surface area contributed by atoms with E-state index < -0.39 is 0 Å². The molecule has 146 valence electrons. The number of amides is 1. The highest BCUT2D eigenvalue weighted by atomic mass is 16.1. The Morgan fingerprint density at radius 3 is 2.14 bits per heavy atom. The van der Waals surface area contributed by atoms with E-state index in [1.807, 2.05) is 24.3 Å². The molecular formula is C21H25N5O2. The highest BCUT2D eigenvalue weighted by Crippen LogP contribution is 2.11. The fraction of sp³-hybridized carbons (Fsp3) is 0.238. The molecule has 0 heterocycles. The van der Waals surface area contributed by atoms with Gasteiger partial charge >= 0.3 is 0 Å². The van der Waals surface area contributed by atoms with Crippen LogP contribution in [0.3, 0.4) is 0 Å². The van der Waals surface area contributed by atoms with Crippen LogP contribution >= 0.6 is 0 Å². The Labute approximate surface area is 164 Å². The predicted molar refractivity (Wildman–Crippen MR) is 112 cm³/mol. The van der Waals surface area contributed by atoms with E-state index in [-0.39, 0.29) is 23.9 Å². The molecule has 0 atom stereocenters. The van der Waals surface area contributed by atoms with Crippen molar-refractivity contribution in [3.8, 4) is 0 Å². The molecule has 0 saturated carbocycles. The van der Waals surface area contributed by atoms with Crippen molar-refractivity contribution in [2.45, 2.75) is 25.7 Å². The zero-order chi connectivity index (χ0) is 20.5. The first kappa shape index (κ1) is 20.8. The molecule has 6 N–H and O–H groups in total. The van der Waals surface area contributed by atoms with Gasteiger partial charge in [0.1, 0.15) is 17.5 Å². The van der Waals surface area contributed by atoms with Gasteiger partial charge in [-0.15, -0.1) is 0 Å². The topological polar surface area (TPSA) is 134 Å². The van der Waals surface area contributed by atoms with Crippen molar-refractivity contribution in [2.75, 3.05) is 12.4 Å². The number of nitrogens with two attached hydrogens (primary N) is 2. The quantitative estimate of drug-likeness (QED) is 0.392. The third-order valence-corrected chi connectivity index (χ3v) is 4.23. The van der Waals surface area contributed by atoms with Gasteiger partial charge in [-0.05, 0) is 36.2 Å². The Morgan fingerprint density at radius 1 is 0.964 bits per heavy atom. The first-order valence-electron chi connectivity index (χ1n) is 8.96. The van der Waals surface area contributed by atoms with E-state index >= 15 is 0 Å². The van der Waals surface area contributed by atoms with Crippen molar-refractivity contribution in [3.05, 3.63) is 65.2 Å². The molecule has 0 saturated heterocycles. The van der Waals surface area contributed by atoms with Gasteiger partial charge in [-0.25, -0.2) is 0 Å². The second-order valence-electron chi connectivity index (χ2n) is 6.41. The summed E-state index contributed by atoms with van der Waals surface area (Å²) < 4.78 is 0. The Bertz CT molecular complexity index is 871. The van der Waals surface area contributed by atoms with Gasteiger partial charge in [0, 0.05) is 43.1 Å². The lowest BCUT2D eigenvalue weighted by atomic mass is 10.0. The van der Waals surface area contributed by atoms with Gasteiger partial charge < -0.3 is 16.8 Å². The molecular weight excluding hydrogens is 354 g/mol. The van der Waals surface area contributed by atoms with Gasteiger partial charge in [0.15, 0.2) is 0 Å². The van der Waals surface area contributed by atoms with Crippen molar-refractivity contribution < 1.29 is 9.59 Å². The number of nitrogen functional groups attached to an aromatic ring is 1. The smallest absolute Gasteiger partial charge is 0.224 e. The highest BCUT2D eigenvalue weighted by Gasteiger charge is 2.08. The average Bonchev–Trinajstić information content (AvgIpc) is 2.68. The summed E-state index contributed by atoms with van der Waals surface area (Å²) in [6, 6.07) is 14.1. The number of carbonyl (C=O) groups excluding carboxylic acids is 2. The number of nitrogens with zero attached hydrogens (tertiary/aromatic N) is 1. The van der Waals surface area contributed by atoms with Gasteiger partial charge in [0.2, 0.25) is 5.91 Å². The largest absolute Gasteiger partial charge is 0.384 e. The number of hydrogen-bond donors (Lipinski definition) is 4. The summed E-state index contributed by atoms with van der Waals surface area (Å²) in [4.78, 5) is 28.0. The molecule has 0 fully saturated rings. The second kappa shape index (κ2) is 10.0. The number of benzene rings is 2. The molecule has 7 nitrogen and oxygen atoms in total. The minimum absolute atomic E-state index is 0.0204. The van der Waals surface area contributed by atoms with Gasteiger partial charge in [0.05, 0.1) is 0 Å². The van der Waals surface area contributed by atoms with Crippen molar-refractivity contribution in [1.82, 2.24) is 0 Å². The number of anilines is 1. The summed E-state index contributed by atoms with van der Waals surface area (Å²) in [5.74, 6) is 0.373. The predicted octanol–water partition coefficient (Wildman–Crippen LogP) is 2.23. The van der Waals surface area contributed by atoms with Gasteiger partial charge in [-0.2, -0.15) is 0 Å². The fourth-order valence-corrected chi connectivity index (χ4v) is 2.64. The molecule has 2 aromatic rings. The second-order valence-corrected chi connectivity index (χ2v) is 6.41. The van der Waals surface area contributed by atoms with Crippen molar-refractivity contribution >= 4 is 29.0 Å². The van der Waals surface area contributed by atoms with Crippen LogP contribution in [-0.4, -0.2) is 30.4 Å². The summed E-state index contributed by atoms with van der Waals surface area (Å²) in [5.41, 5.74) is 14.1. The van der Waals surface area contributed by atoms with Crippen LogP contribution in [0.5, 0.6) is 0 Å². The van der Waals surface area contributed by atoms with Crippen LogP contribution in [0.2, 0.25) is 0 Å². The molecule has 0 aliphatic heterocycles. The van der Waals surface area contributed by atoms with Crippen LogP contribution in [0.1, 0.15) is 36.0 Å². The minimum atomic E-state index is -0.151. The normalized spacial score (nSPS) is 11.1. The monoisotopic (exact) mass is 379 g/mol. The SMILES string of the molecule is CN=C(N)c1ccc(CC(=O)CCCC(=O)Nc2ccc(C(=N)N)cc2)cc1. The first-order valence-corrected chi connectivity index (χ1v) is 8.96. The highest BCUT2D eigenvalue weighted by molar-refractivity contribution is 5.97. The van der Waals surface area contributed by atoms with Crippen LogP contribution in [0.25, 0.3) is 0 Å². The van der Waals surface area contributed by atoms with E-state index in [0.717, 1.165) is 11.1 Å². The Kier molecular flexibility index (Phi) is 7.45. The standard InChI is InChI=1S/C21H25N5O2/c1-25-21(24)16-7-5-14(6-8-16)13-18(27)3-2-4-19(28)26-17-11-9-15(10-12-17)20(22)23/h5-12H,2-4,13H2,1H3,(H3,22,23)(H2,24,25)(H,26,28). The van der Waals surface area contributed by atoms with E-state index in [9.17, 15) is 9.59 Å². The van der Waals surface area contributed by atoms with E-state index in [1.165, 1.54) is 0 Å². The number of ketones is 1. The first-order chi connectivity index (χ1) is 13.4. The fourth-order valence-electron chi connectivity index (χ4n) is 2.64. The molecule has 2 aromatic carbocycles. The molecule has 0 spiro atoms. The summed E-state index contributed by atoms with van der Waals surface area (Å²) in [6.45, 7) is 0. The van der Waals surface area contributed by atoms with Crippen LogP contribution in [0.15, 0.2) is 53.5 Å². The molecule has 0 aliphatic rings. The molecule has 0 aromatic heterocycles. The Morgan fingerprint density at radius 2 is 1.57 bits per heavy atom. The molecule has 2 rings (SSSR count). The zero-order valence-corrected chi connectivity index (χ0v) is 15.9. The minimum Gasteiger partial charge on any atom is -0.384 e. The third-order valence-electron chi connectivity index (χ3n) is 4.23. The summed E-state index contributed by atoms with van der Waals surface area (Å²) >= 11 is 0. The lowest BCUT2D eigenvalue weighted by molar-refractivity contribution is -0.119. The third kappa shape index (κ3) is 6.35. The molecule has 7 heteroatoms. The molecule has 0 unspecified atom stereocenters. The van der Waals surface area contributed by atoms with Crippen molar-refractivity contribution in [3.63, 3.8) is 0 Å².